The topological polar surface area (TPSA) is 43.1 Å². The lowest BCUT2D eigenvalue weighted by atomic mass is 10.1. The van der Waals surface area contributed by atoms with Crippen molar-refractivity contribution >= 4 is 5.91 Å². The largest absolute Gasteiger partial charge is 0.339 e. The van der Waals surface area contributed by atoms with Crippen molar-refractivity contribution in [3.05, 3.63) is 78.6 Å². The third-order valence-electron chi connectivity index (χ3n) is 4.87. The van der Waals surface area contributed by atoms with Gasteiger partial charge in [-0.2, -0.15) is 0 Å². The predicted molar refractivity (Wildman–Crippen MR) is 96.4 cm³/mol. The Kier molecular flexibility index (Phi) is 4.37. The summed E-state index contributed by atoms with van der Waals surface area (Å²) in [4.78, 5) is 19.2. The molecule has 25 heavy (non-hydrogen) atoms. The fourth-order valence-corrected chi connectivity index (χ4v) is 3.56. The minimum atomic E-state index is 0.116. The molecule has 4 rings (SSSR count). The lowest BCUT2D eigenvalue weighted by Gasteiger charge is -2.33. The molecule has 1 saturated heterocycles. The number of amides is 1. The lowest BCUT2D eigenvalue weighted by molar-refractivity contribution is 0.0669. The summed E-state index contributed by atoms with van der Waals surface area (Å²) in [5.74, 6) is 0.116. The van der Waals surface area contributed by atoms with Crippen molar-refractivity contribution in [2.75, 3.05) is 13.1 Å². The second-order valence-corrected chi connectivity index (χ2v) is 6.56. The summed E-state index contributed by atoms with van der Waals surface area (Å²) in [7, 11) is 0. The van der Waals surface area contributed by atoms with Crippen LogP contribution in [0.4, 0.5) is 0 Å². The number of likely N-dealkylation sites (tertiary alicyclic amines) is 1. The summed E-state index contributed by atoms with van der Waals surface area (Å²) in [5.41, 5.74) is 1.96. The van der Waals surface area contributed by atoms with Gasteiger partial charge in [0.15, 0.2) is 0 Å². The first-order chi connectivity index (χ1) is 12.3. The molecule has 5 heteroatoms. The first-order valence-corrected chi connectivity index (χ1v) is 8.77. The lowest BCUT2D eigenvalue weighted by Crippen LogP contribution is -2.41. The number of rotatable bonds is 4. The summed E-state index contributed by atoms with van der Waals surface area (Å²) in [6, 6.07) is 14.4. The monoisotopic (exact) mass is 334 g/mol. The molecule has 5 nitrogen and oxygen atoms in total. The van der Waals surface area contributed by atoms with E-state index in [2.05, 4.69) is 21.7 Å². The van der Waals surface area contributed by atoms with Crippen LogP contribution in [-0.4, -0.2) is 38.0 Å². The Morgan fingerprint density at radius 1 is 1.12 bits per heavy atom. The summed E-state index contributed by atoms with van der Waals surface area (Å²) in [6.45, 7) is 2.28. The van der Waals surface area contributed by atoms with E-state index in [0.717, 1.165) is 31.6 Å². The van der Waals surface area contributed by atoms with Crippen molar-refractivity contribution in [2.45, 2.75) is 25.4 Å². The van der Waals surface area contributed by atoms with Crippen molar-refractivity contribution < 1.29 is 4.79 Å². The van der Waals surface area contributed by atoms with Gasteiger partial charge in [-0.05, 0) is 30.5 Å². The zero-order valence-electron chi connectivity index (χ0n) is 14.2. The maximum absolute atomic E-state index is 13.1. The molecule has 0 bridgehead atoms. The number of aromatic nitrogens is 3. The minimum Gasteiger partial charge on any atom is -0.339 e. The van der Waals surface area contributed by atoms with Crippen molar-refractivity contribution in [3.63, 3.8) is 0 Å². The van der Waals surface area contributed by atoms with Crippen LogP contribution < -0.4 is 0 Å². The Balaban J connectivity index is 1.50. The fraction of sp³-hybridized carbons (Fsp3) is 0.300. The molecule has 3 aromatic rings. The van der Waals surface area contributed by atoms with Crippen molar-refractivity contribution in [1.82, 2.24) is 19.0 Å². The predicted octanol–water partition coefficient (Wildman–Crippen LogP) is 3.21. The van der Waals surface area contributed by atoms with Gasteiger partial charge >= 0.3 is 0 Å². The van der Waals surface area contributed by atoms with Crippen LogP contribution in [0.15, 0.2) is 67.4 Å². The standard InChI is InChI=1S/C20H22N4O/c25-20(23-12-4-8-18(15-23)24-13-10-21-16-24)19-9-5-11-22(19)14-17-6-2-1-3-7-17/h1-3,5-7,9-11,13,16,18H,4,8,12,14-15H2/t18-/m1/s1. The van der Waals surface area contributed by atoms with Gasteiger partial charge in [-0.15, -0.1) is 0 Å². The number of nitrogens with zero attached hydrogens (tertiary/aromatic N) is 4. The SMILES string of the molecule is O=C(c1cccn1Cc1ccccc1)N1CCC[C@@H](n2ccnc2)C1. The number of piperidine rings is 1. The van der Waals surface area contributed by atoms with E-state index >= 15 is 0 Å². The Morgan fingerprint density at radius 2 is 2.00 bits per heavy atom. The molecule has 0 saturated carbocycles. The van der Waals surface area contributed by atoms with Gasteiger partial charge in [-0.25, -0.2) is 4.98 Å². The maximum Gasteiger partial charge on any atom is 0.270 e. The van der Waals surface area contributed by atoms with Crippen LogP contribution in [0, 0.1) is 0 Å². The van der Waals surface area contributed by atoms with Crippen LogP contribution in [0.5, 0.6) is 0 Å². The number of benzene rings is 1. The maximum atomic E-state index is 13.1. The first kappa shape index (κ1) is 15.7. The summed E-state index contributed by atoms with van der Waals surface area (Å²) in [6.07, 6.45) is 9.72. The molecule has 1 amide bonds. The van der Waals surface area contributed by atoms with Gasteiger partial charge in [0, 0.05) is 38.2 Å². The third kappa shape index (κ3) is 3.36. The van der Waals surface area contributed by atoms with Gasteiger partial charge in [-0.3, -0.25) is 4.79 Å². The molecule has 0 spiro atoms. The van der Waals surface area contributed by atoms with Crippen LogP contribution >= 0.6 is 0 Å². The number of carbonyl (C=O) groups is 1. The van der Waals surface area contributed by atoms with Gasteiger partial charge in [-0.1, -0.05) is 30.3 Å². The van der Waals surface area contributed by atoms with Crippen LogP contribution in [0.3, 0.4) is 0 Å². The molecule has 1 aliphatic rings. The molecule has 128 valence electrons. The normalized spacial score (nSPS) is 17.6. The van der Waals surface area contributed by atoms with E-state index in [1.54, 1.807) is 6.20 Å². The molecule has 3 heterocycles. The molecular weight excluding hydrogens is 312 g/mol. The smallest absolute Gasteiger partial charge is 0.270 e. The van der Waals surface area contributed by atoms with Gasteiger partial charge < -0.3 is 14.0 Å². The molecule has 1 aliphatic heterocycles. The highest BCUT2D eigenvalue weighted by Gasteiger charge is 2.26. The van der Waals surface area contributed by atoms with Crippen LogP contribution in [0.25, 0.3) is 0 Å². The van der Waals surface area contributed by atoms with E-state index in [4.69, 9.17) is 0 Å². The number of hydrogen-bond donors (Lipinski definition) is 0. The van der Waals surface area contributed by atoms with E-state index in [9.17, 15) is 4.79 Å². The zero-order chi connectivity index (χ0) is 17.1. The molecule has 1 atom stereocenters. The average molecular weight is 334 g/mol. The van der Waals surface area contributed by atoms with Crippen LogP contribution in [0.2, 0.25) is 0 Å². The van der Waals surface area contributed by atoms with Gasteiger partial charge in [0.05, 0.1) is 12.4 Å². The van der Waals surface area contributed by atoms with Gasteiger partial charge in [0.2, 0.25) is 0 Å². The fourth-order valence-electron chi connectivity index (χ4n) is 3.56. The van der Waals surface area contributed by atoms with E-state index in [1.165, 1.54) is 5.56 Å². The Hall–Kier alpha value is -2.82. The molecule has 1 fully saturated rings. The summed E-state index contributed by atoms with van der Waals surface area (Å²) in [5, 5.41) is 0. The number of hydrogen-bond acceptors (Lipinski definition) is 2. The first-order valence-electron chi connectivity index (χ1n) is 8.77. The molecule has 1 aromatic carbocycles. The van der Waals surface area contributed by atoms with E-state index in [1.807, 2.05) is 58.5 Å². The van der Waals surface area contributed by atoms with Crippen molar-refractivity contribution in [2.24, 2.45) is 0 Å². The van der Waals surface area contributed by atoms with Crippen molar-refractivity contribution in [3.8, 4) is 0 Å². The average Bonchev–Trinajstić information content (AvgIpc) is 3.34. The third-order valence-corrected chi connectivity index (χ3v) is 4.87. The highest BCUT2D eigenvalue weighted by atomic mass is 16.2. The van der Waals surface area contributed by atoms with Gasteiger partial charge in [0.1, 0.15) is 5.69 Å². The van der Waals surface area contributed by atoms with Gasteiger partial charge in [0.25, 0.3) is 5.91 Å². The van der Waals surface area contributed by atoms with E-state index < -0.39 is 0 Å². The highest BCUT2D eigenvalue weighted by molar-refractivity contribution is 5.92. The van der Waals surface area contributed by atoms with E-state index in [-0.39, 0.29) is 5.91 Å². The summed E-state index contributed by atoms with van der Waals surface area (Å²) >= 11 is 0. The van der Waals surface area contributed by atoms with Crippen LogP contribution in [0.1, 0.15) is 34.9 Å². The summed E-state index contributed by atoms with van der Waals surface area (Å²) < 4.78 is 4.15. The molecule has 2 aromatic heterocycles. The highest BCUT2D eigenvalue weighted by Crippen LogP contribution is 2.23. The molecule has 0 N–H and O–H groups in total. The Morgan fingerprint density at radius 3 is 2.80 bits per heavy atom. The second kappa shape index (κ2) is 6.97. The zero-order valence-corrected chi connectivity index (χ0v) is 14.2. The minimum absolute atomic E-state index is 0.116. The number of imidazole rings is 1. The van der Waals surface area contributed by atoms with Crippen molar-refractivity contribution in [1.29, 1.82) is 0 Å². The van der Waals surface area contributed by atoms with E-state index in [0.29, 0.717) is 12.6 Å². The molecular formula is C20H22N4O. The second-order valence-electron chi connectivity index (χ2n) is 6.56. The Bertz CT molecular complexity index is 823. The quantitative estimate of drug-likeness (QED) is 0.735. The van der Waals surface area contributed by atoms with Crippen LogP contribution in [-0.2, 0) is 6.54 Å². The molecule has 0 radical (unpaired) electrons. The number of carbonyl (C=O) groups excluding carboxylic acids is 1. The molecule has 0 aliphatic carbocycles. The molecule has 0 unspecified atom stereocenters. The Labute approximate surface area is 147 Å².